The minimum Gasteiger partial charge on any atom is -0.486 e. The van der Waals surface area contributed by atoms with Gasteiger partial charge in [-0.2, -0.15) is 0 Å². The van der Waals surface area contributed by atoms with Gasteiger partial charge < -0.3 is 19.4 Å². The number of carbonyl (C=O) groups excluding carboxylic acids is 1. The Balaban J connectivity index is 1.34. The topological polar surface area (TPSA) is 76.6 Å². The molecule has 7 nitrogen and oxygen atoms in total. The number of aromatic amines is 1. The summed E-state index contributed by atoms with van der Waals surface area (Å²) in [6.07, 6.45) is 2.07. The molecule has 31 heavy (non-hydrogen) atoms. The lowest BCUT2D eigenvalue weighted by atomic mass is 10.0. The van der Waals surface area contributed by atoms with Crippen molar-refractivity contribution in [2.45, 2.75) is 31.8 Å². The molecule has 1 saturated heterocycles. The van der Waals surface area contributed by atoms with Crippen LogP contribution in [0.4, 0.5) is 0 Å². The number of amides is 1. The zero-order valence-corrected chi connectivity index (χ0v) is 17.8. The summed E-state index contributed by atoms with van der Waals surface area (Å²) in [6.45, 7) is 2.04. The number of para-hydroxylation sites is 1. The molecule has 1 aromatic heterocycles. The smallest absolute Gasteiger partial charge is 0.262 e. The fraction of sp³-hybridized carbons (Fsp3) is 0.348. The van der Waals surface area contributed by atoms with Gasteiger partial charge in [-0.25, -0.2) is 0 Å². The fourth-order valence-electron chi connectivity index (χ4n) is 4.43. The lowest BCUT2D eigenvalue weighted by Gasteiger charge is -2.27. The summed E-state index contributed by atoms with van der Waals surface area (Å²) in [5.41, 5.74) is 1.59. The minimum absolute atomic E-state index is 0.00573. The Morgan fingerprint density at radius 2 is 1.94 bits per heavy atom. The van der Waals surface area contributed by atoms with Crippen LogP contribution >= 0.6 is 12.2 Å². The SMILES string of the molecule is O=C(CCn1c(=S)[nH]c2ccccc2c1=O)N1CCCC1c1ccc2c(c1)OCCO2. The van der Waals surface area contributed by atoms with Gasteiger partial charge in [-0.1, -0.05) is 18.2 Å². The highest BCUT2D eigenvalue weighted by atomic mass is 32.1. The number of ether oxygens (including phenoxy) is 2. The van der Waals surface area contributed by atoms with E-state index in [2.05, 4.69) is 4.98 Å². The molecule has 1 amide bonds. The van der Waals surface area contributed by atoms with Crippen LogP contribution in [0.3, 0.4) is 0 Å². The third-order valence-corrected chi connectivity index (χ3v) is 6.29. The lowest BCUT2D eigenvalue weighted by Crippen LogP contribution is -2.32. The van der Waals surface area contributed by atoms with E-state index in [4.69, 9.17) is 21.7 Å². The largest absolute Gasteiger partial charge is 0.486 e. The molecule has 2 aromatic carbocycles. The van der Waals surface area contributed by atoms with Crippen LogP contribution in [0, 0.1) is 4.77 Å². The van der Waals surface area contributed by atoms with Crippen LogP contribution < -0.4 is 15.0 Å². The second kappa shape index (κ2) is 8.19. The number of H-pyrrole nitrogens is 1. The standard InChI is InChI=1S/C23H23N3O4S/c27-21(9-11-26-22(28)16-4-1-2-5-17(16)24-23(26)31)25-10-3-6-18(25)15-7-8-19-20(14-15)30-13-12-29-19/h1-2,4-5,7-8,14,18H,3,6,9-13H2,(H,24,31). The van der Waals surface area contributed by atoms with Gasteiger partial charge in [0.25, 0.3) is 5.56 Å². The van der Waals surface area contributed by atoms with Gasteiger partial charge in [-0.15, -0.1) is 0 Å². The first-order valence-corrected chi connectivity index (χ1v) is 10.9. The first-order chi connectivity index (χ1) is 15.1. The third kappa shape index (κ3) is 3.72. The highest BCUT2D eigenvalue weighted by molar-refractivity contribution is 7.71. The number of hydrogen-bond donors (Lipinski definition) is 1. The van der Waals surface area contributed by atoms with Crippen LogP contribution in [0.5, 0.6) is 11.5 Å². The maximum Gasteiger partial charge on any atom is 0.262 e. The minimum atomic E-state index is -0.169. The van der Waals surface area contributed by atoms with Crippen molar-refractivity contribution in [3.05, 3.63) is 63.2 Å². The molecule has 5 rings (SSSR count). The van der Waals surface area contributed by atoms with Crippen LogP contribution in [0.2, 0.25) is 0 Å². The number of fused-ring (bicyclic) bond motifs is 2. The number of rotatable bonds is 4. The van der Waals surface area contributed by atoms with Crippen molar-refractivity contribution >= 4 is 29.0 Å². The lowest BCUT2D eigenvalue weighted by molar-refractivity contribution is -0.132. The number of hydrogen-bond acceptors (Lipinski definition) is 5. The van der Waals surface area contributed by atoms with E-state index in [0.29, 0.717) is 35.4 Å². The van der Waals surface area contributed by atoms with Crippen LogP contribution in [-0.4, -0.2) is 40.1 Å². The molecule has 0 aliphatic carbocycles. The molecule has 1 N–H and O–H groups in total. The van der Waals surface area contributed by atoms with E-state index in [1.807, 2.05) is 41.3 Å². The van der Waals surface area contributed by atoms with Crippen molar-refractivity contribution in [3.8, 4) is 11.5 Å². The van der Waals surface area contributed by atoms with Gasteiger partial charge in [0.2, 0.25) is 5.91 Å². The predicted octanol–water partition coefficient (Wildman–Crippen LogP) is 3.58. The van der Waals surface area contributed by atoms with Gasteiger partial charge >= 0.3 is 0 Å². The Morgan fingerprint density at radius 1 is 1.13 bits per heavy atom. The molecule has 0 radical (unpaired) electrons. The summed E-state index contributed by atoms with van der Waals surface area (Å²) >= 11 is 5.37. The molecule has 1 fully saturated rings. The van der Waals surface area contributed by atoms with Gasteiger partial charge in [0.05, 0.1) is 16.9 Å². The van der Waals surface area contributed by atoms with E-state index in [1.54, 1.807) is 6.07 Å². The summed E-state index contributed by atoms with van der Waals surface area (Å²) < 4.78 is 13.1. The third-order valence-electron chi connectivity index (χ3n) is 5.96. The number of benzene rings is 2. The van der Waals surface area contributed by atoms with Crippen molar-refractivity contribution in [1.82, 2.24) is 14.5 Å². The van der Waals surface area contributed by atoms with Crippen LogP contribution in [0.25, 0.3) is 10.9 Å². The molecule has 0 spiro atoms. The first kappa shape index (κ1) is 19.8. The summed E-state index contributed by atoms with van der Waals surface area (Å²) in [5, 5.41) is 0.568. The van der Waals surface area contributed by atoms with E-state index in [1.165, 1.54) is 4.57 Å². The molecule has 8 heteroatoms. The Hall–Kier alpha value is -3.13. The molecule has 1 unspecified atom stereocenters. The number of aromatic nitrogens is 2. The Bertz CT molecular complexity index is 1270. The fourth-order valence-corrected chi connectivity index (χ4v) is 4.72. The van der Waals surface area contributed by atoms with Crippen LogP contribution in [-0.2, 0) is 11.3 Å². The second-order valence-corrected chi connectivity index (χ2v) is 8.22. The highest BCUT2D eigenvalue weighted by Gasteiger charge is 2.30. The molecule has 0 bridgehead atoms. The van der Waals surface area contributed by atoms with Crippen molar-refractivity contribution in [3.63, 3.8) is 0 Å². The predicted molar refractivity (Wildman–Crippen MR) is 119 cm³/mol. The summed E-state index contributed by atoms with van der Waals surface area (Å²) in [4.78, 5) is 30.9. The molecular formula is C23H23N3O4S. The monoisotopic (exact) mass is 437 g/mol. The zero-order chi connectivity index (χ0) is 21.4. The molecule has 2 aliphatic rings. The normalized spacial score (nSPS) is 17.8. The Morgan fingerprint density at radius 3 is 2.81 bits per heavy atom. The number of carbonyl (C=O) groups is 1. The zero-order valence-electron chi connectivity index (χ0n) is 17.0. The van der Waals surface area contributed by atoms with Gasteiger partial charge in [-0.3, -0.25) is 14.2 Å². The maximum absolute atomic E-state index is 13.1. The first-order valence-electron chi connectivity index (χ1n) is 10.5. The Labute approximate surface area is 184 Å². The van der Waals surface area contributed by atoms with Crippen LogP contribution in [0.1, 0.15) is 30.9 Å². The van der Waals surface area contributed by atoms with E-state index in [9.17, 15) is 9.59 Å². The molecule has 2 aliphatic heterocycles. The van der Waals surface area contributed by atoms with E-state index in [-0.39, 0.29) is 30.5 Å². The average Bonchev–Trinajstić information content (AvgIpc) is 3.28. The molecule has 160 valence electrons. The number of nitrogens with one attached hydrogen (secondary N) is 1. The van der Waals surface area contributed by atoms with Crippen molar-refractivity contribution in [2.24, 2.45) is 0 Å². The average molecular weight is 438 g/mol. The van der Waals surface area contributed by atoms with E-state index >= 15 is 0 Å². The highest BCUT2D eigenvalue weighted by Crippen LogP contribution is 2.38. The van der Waals surface area contributed by atoms with Gasteiger partial charge in [-0.05, 0) is 54.9 Å². The summed E-state index contributed by atoms with van der Waals surface area (Å²) in [7, 11) is 0. The molecular weight excluding hydrogens is 414 g/mol. The van der Waals surface area contributed by atoms with E-state index in [0.717, 1.165) is 29.9 Å². The maximum atomic E-state index is 13.1. The Kier molecular flexibility index (Phi) is 5.23. The summed E-state index contributed by atoms with van der Waals surface area (Å²) in [5.74, 6) is 1.50. The van der Waals surface area contributed by atoms with Gasteiger partial charge in [0, 0.05) is 19.5 Å². The molecule has 3 aromatic rings. The molecule has 3 heterocycles. The molecule has 1 atom stereocenters. The quantitative estimate of drug-likeness (QED) is 0.632. The van der Waals surface area contributed by atoms with Crippen molar-refractivity contribution in [2.75, 3.05) is 19.8 Å². The van der Waals surface area contributed by atoms with Crippen LogP contribution in [0.15, 0.2) is 47.3 Å². The number of nitrogens with zero attached hydrogens (tertiary/aromatic N) is 2. The van der Waals surface area contributed by atoms with Crippen molar-refractivity contribution < 1.29 is 14.3 Å². The van der Waals surface area contributed by atoms with Gasteiger partial charge in [0.1, 0.15) is 13.2 Å². The second-order valence-electron chi connectivity index (χ2n) is 7.83. The molecule has 0 saturated carbocycles. The number of likely N-dealkylation sites (tertiary alicyclic amines) is 1. The van der Waals surface area contributed by atoms with Crippen molar-refractivity contribution in [1.29, 1.82) is 0 Å². The summed E-state index contributed by atoms with van der Waals surface area (Å²) in [6, 6.07) is 13.2. The van der Waals surface area contributed by atoms with Gasteiger partial charge in [0.15, 0.2) is 16.3 Å². The van der Waals surface area contributed by atoms with E-state index < -0.39 is 0 Å².